The molecule has 1 atom stereocenters. The zero-order valence-electron chi connectivity index (χ0n) is 15.1. The Morgan fingerprint density at radius 2 is 2.19 bits per heavy atom. The number of hydrogen-bond acceptors (Lipinski definition) is 7. The minimum atomic E-state index is -0.323. The summed E-state index contributed by atoms with van der Waals surface area (Å²) in [6, 6.07) is 7.43. The Labute approximate surface area is 161 Å². The summed E-state index contributed by atoms with van der Waals surface area (Å²) < 4.78 is 1.72. The normalized spacial score (nSPS) is 15.9. The number of nitrogens with one attached hydrogen (secondary N) is 4. The van der Waals surface area contributed by atoms with Crippen LogP contribution in [0.5, 0.6) is 0 Å². The van der Waals surface area contributed by atoms with Crippen molar-refractivity contribution in [2.24, 2.45) is 12.0 Å². The quantitative estimate of drug-likeness (QED) is 0.573. The summed E-state index contributed by atoms with van der Waals surface area (Å²) in [5.41, 5.74) is 2.37. The van der Waals surface area contributed by atoms with Gasteiger partial charge in [-0.25, -0.2) is 4.99 Å². The molecule has 0 radical (unpaired) electrons. The molecule has 27 heavy (non-hydrogen) atoms. The Morgan fingerprint density at radius 1 is 1.37 bits per heavy atom. The number of benzene rings is 1. The molecule has 0 aliphatic carbocycles. The number of thioether (sulfide) groups is 1. The topological polar surface area (TPSA) is 95.4 Å². The second-order valence-corrected chi connectivity index (χ2v) is 6.55. The Morgan fingerprint density at radius 3 is 2.89 bits per heavy atom. The van der Waals surface area contributed by atoms with Gasteiger partial charge in [0.05, 0.1) is 16.8 Å². The van der Waals surface area contributed by atoms with Gasteiger partial charge in [0.1, 0.15) is 5.84 Å². The van der Waals surface area contributed by atoms with Gasteiger partial charge in [0.2, 0.25) is 5.91 Å². The fourth-order valence-electron chi connectivity index (χ4n) is 2.43. The van der Waals surface area contributed by atoms with Crippen LogP contribution in [0, 0.1) is 0 Å². The first-order valence-electron chi connectivity index (χ1n) is 8.21. The number of rotatable bonds is 6. The lowest BCUT2D eigenvalue weighted by Crippen LogP contribution is -2.37. The van der Waals surface area contributed by atoms with Crippen molar-refractivity contribution in [1.82, 2.24) is 15.1 Å². The van der Waals surface area contributed by atoms with E-state index in [1.54, 1.807) is 22.6 Å². The highest BCUT2D eigenvalue weighted by molar-refractivity contribution is 8.03. The molecule has 1 amide bonds. The number of carbonyl (C=O) groups excluding carboxylic acids is 1. The number of aliphatic imine (C=N–C) groups is 1. The maximum absolute atomic E-state index is 11.5. The fraction of sp³-hybridized carbons (Fsp3) is 0.167. The molecule has 2 heterocycles. The van der Waals surface area contributed by atoms with Gasteiger partial charge >= 0.3 is 0 Å². The summed E-state index contributed by atoms with van der Waals surface area (Å²) in [7, 11) is 1.86. The van der Waals surface area contributed by atoms with Crippen molar-refractivity contribution in [2.75, 3.05) is 22.2 Å². The Kier molecular flexibility index (Phi) is 5.82. The van der Waals surface area contributed by atoms with Crippen molar-refractivity contribution in [3.8, 4) is 0 Å². The summed E-state index contributed by atoms with van der Waals surface area (Å²) >= 11 is 1.58. The predicted octanol–water partition coefficient (Wildman–Crippen LogP) is 2.56. The van der Waals surface area contributed by atoms with Gasteiger partial charge in [0.25, 0.3) is 0 Å². The molecule has 3 rings (SSSR count). The van der Waals surface area contributed by atoms with Gasteiger partial charge in [-0.15, -0.1) is 11.8 Å². The number of hydrogen-bond donors (Lipinski definition) is 4. The molecule has 8 nitrogen and oxygen atoms in total. The second-order valence-electron chi connectivity index (χ2n) is 5.71. The molecular formula is C18H21N7OS. The van der Waals surface area contributed by atoms with E-state index in [0.717, 1.165) is 22.1 Å². The molecule has 0 saturated heterocycles. The zero-order valence-corrected chi connectivity index (χ0v) is 15.9. The van der Waals surface area contributed by atoms with Crippen molar-refractivity contribution in [2.45, 2.75) is 6.29 Å². The molecule has 1 unspecified atom stereocenters. The lowest BCUT2D eigenvalue weighted by atomic mass is 10.2. The van der Waals surface area contributed by atoms with E-state index < -0.39 is 0 Å². The van der Waals surface area contributed by atoms with E-state index in [4.69, 9.17) is 4.99 Å². The van der Waals surface area contributed by atoms with Crippen molar-refractivity contribution in [1.29, 1.82) is 0 Å². The summed E-state index contributed by atoms with van der Waals surface area (Å²) in [5, 5.41) is 16.7. The first-order valence-corrected chi connectivity index (χ1v) is 9.44. The summed E-state index contributed by atoms with van der Waals surface area (Å²) in [6.07, 6.45) is 8.43. The van der Waals surface area contributed by atoms with Crippen LogP contribution >= 0.6 is 11.8 Å². The van der Waals surface area contributed by atoms with E-state index in [9.17, 15) is 4.79 Å². The lowest BCUT2D eigenvalue weighted by Gasteiger charge is -2.23. The highest BCUT2D eigenvalue weighted by atomic mass is 32.2. The van der Waals surface area contributed by atoms with Crippen LogP contribution in [0.15, 0.2) is 65.4 Å². The Bertz CT molecular complexity index is 903. The van der Waals surface area contributed by atoms with Crippen LogP contribution in [0.4, 0.5) is 17.1 Å². The third-order valence-electron chi connectivity index (χ3n) is 3.67. The molecule has 0 fully saturated rings. The SMILES string of the molecule is C=CC(=O)Nc1cccc(NC2=NC(Nc3cnn(C)c3)NC=C2SC)c1. The average molecular weight is 383 g/mol. The van der Waals surface area contributed by atoms with Crippen LogP contribution in [0.2, 0.25) is 0 Å². The smallest absolute Gasteiger partial charge is 0.247 e. The second kappa shape index (κ2) is 8.45. The standard InChI is InChI=1S/C18H21N7OS/c1-4-16(26)21-12-6-5-7-13(8-12)22-17-15(27-3)10-19-18(24-17)23-14-9-20-25(2)11-14/h4-11,18-19,23H,1H2,2-3H3,(H,21,26)(H,22,24). The third kappa shape index (κ3) is 4.91. The number of amides is 1. The molecule has 0 saturated carbocycles. The number of aromatic nitrogens is 2. The van der Waals surface area contributed by atoms with E-state index in [1.807, 2.05) is 50.0 Å². The van der Waals surface area contributed by atoms with E-state index in [0.29, 0.717) is 5.69 Å². The number of anilines is 3. The maximum Gasteiger partial charge on any atom is 0.247 e. The van der Waals surface area contributed by atoms with Crippen molar-refractivity contribution in [3.63, 3.8) is 0 Å². The molecule has 0 bridgehead atoms. The molecule has 140 valence electrons. The average Bonchev–Trinajstić information content (AvgIpc) is 3.07. The summed E-state index contributed by atoms with van der Waals surface area (Å²) in [5.74, 6) is 0.478. The van der Waals surface area contributed by atoms with Gasteiger partial charge in [0.15, 0.2) is 6.29 Å². The highest BCUT2D eigenvalue weighted by Crippen LogP contribution is 2.22. The van der Waals surface area contributed by atoms with E-state index in [2.05, 4.69) is 32.9 Å². The van der Waals surface area contributed by atoms with Gasteiger partial charge < -0.3 is 21.3 Å². The minimum absolute atomic E-state index is 0.253. The van der Waals surface area contributed by atoms with Crippen LogP contribution in [0.1, 0.15) is 0 Å². The Hall–Kier alpha value is -3.20. The molecule has 1 aliphatic heterocycles. The molecule has 1 aliphatic rings. The van der Waals surface area contributed by atoms with Gasteiger partial charge in [-0.2, -0.15) is 5.10 Å². The molecule has 4 N–H and O–H groups in total. The van der Waals surface area contributed by atoms with E-state index in [1.165, 1.54) is 6.08 Å². The molecule has 2 aromatic rings. The summed E-state index contributed by atoms with van der Waals surface area (Å²) in [4.78, 5) is 17.2. The third-order valence-corrected chi connectivity index (χ3v) is 4.42. The number of amidine groups is 1. The molecule has 0 spiro atoms. The number of nitrogens with zero attached hydrogens (tertiary/aromatic N) is 3. The van der Waals surface area contributed by atoms with Crippen molar-refractivity contribution < 1.29 is 4.79 Å². The molecule has 9 heteroatoms. The van der Waals surface area contributed by atoms with Crippen molar-refractivity contribution >= 4 is 40.6 Å². The lowest BCUT2D eigenvalue weighted by molar-refractivity contribution is -0.111. The van der Waals surface area contributed by atoms with Crippen LogP contribution in [-0.2, 0) is 11.8 Å². The van der Waals surface area contributed by atoms with Gasteiger partial charge in [-0.3, -0.25) is 9.48 Å². The number of carbonyl (C=O) groups is 1. The maximum atomic E-state index is 11.5. The zero-order chi connectivity index (χ0) is 19.2. The van der Waals surface area contributed by atoms with Crippen LogP contribution in [0.25, 0.3) is 0 Å². The van der Waals surface area contributed by atoms with E-state index >= 15 is 0 Å². The first kappa shape index (κ1) is 18.6. The highest BCUT2D eigenvalue weighted by Gasteiger charge is 2.17. The van der Waals surface area contributed by atoms with Crippen molar-refractivity contribution in [3.05, 3.63) is 60.4 Å². The fourth-order valence-corrected chi connectivity index (χ4v) is 2.92. The number of aryl methyl sites for hydroxylation is 1. The summed E-state index contributed by atoms with van der Waals surface area (Å²) in [6.45, 7) is 3.46. The van der Waals surface area contributed by atoms with Gasteiger partial charge in [0, 0.05) is 30.8 Å². The minimum Gasteiger partial charge on any atom is -0.352 e. The predicted molar refractivity (Wildman–Crippen MR) is 112 cm³/mol. The van der Waals surface area contributed by atoms with E-state index in [-0.39, 0.29) is 12.2 Å². The molecule has 1 aromatic heterocycles. The van der Waals surface area contributed by atoms with Gasteiger partial charge in [-0.1, -0.05) is 12.6 Å². The van der Waals surface area contributed by atoms with Gasteiger partial charge in [-0.05, 0) is 30.5 Å². The first-order chi connectivity index (χ1) is 13.1. The largest absolute Gasteiger partial charge is 0.352 e. The van der Waals surface area contributed by atoms with Crippen LogP contribution in [-0.4, -0.2) is 34.1 Å². The van der Waals surface area contributed by atoms with Crippen LogP contribution < -0.4 is 21.3 Å². The molecular weight excluding hydrogens is 362 g/mol. The monoisotopic (exact) mass is 383 g/mol. The Balaban J connectivity index is 1.75. The van der Waals surface area contributed by atoms with Crippen LogP contribution in [0.3, 0.4) is 0 Å². The molecule has 1 aromatic carbocycles.